The number of benzene rings is 1. The Balaban J connectivity index is 2.32. The van der Waals surface area contributed by atoms with Gasteiger partial charge in [0.2, 0.25) is 0 Å². The van der Waals surface area contributed by atoms with Gasteiger partial charge >= 0.3 is 11.9 Å². The quantitative estimate of drug-likeness (QED) is 0.765. The molecule has 5 nitrogen and oxygen atoms in total. The average Bonchev–Trinajstić information content (AvgIpc) is 2.73. The van der Waals surface area contributed by atoms with Crippen LogP contribution in [0.25, 0.3) is 0 Å². The average molecular weight is 369 g/mol. The van der Waals surface area contributed by atoms with E-state index in [1.165, 1.54) is 4.90 Å². The largest absolute Gasteiger partial charge is 0.459 e. The fraction of sp³-hybridized carbons (Fsp3) is 0.579. The van der Waals surface area contributed by atoms with Crippen molar-refractivity contribution in [3.8, 4) is 0 Å². The van der Waals surface area contributed by atoms with Gasteiger partial charge in [0, 0.05) is 18.2 Å². The molecule has 2 rings (SSSR count). The lowest BCUT2D eigenvalue weighted by atomic mass is 10.1. The molecular formula is C19H25F2NO4. The number of carbonyl (C=O) groups excluding carboxylic acids is 2. The van der Waals surface area contributed by atoms with Crippen LogP contribution in [0.4, 0.5) is 14.5 Å². The van der Waals surface area contributed by atoms with E-state index in [1.807, 2.05) is 0 Å². The van der Waals surface area contributed by atoms with E-state index < -0.39 is 40.8 Å². The number of fused-ring (bicyclic) bond motifs is 1. The predicted molar refractivity (Wildman–Crippen MR) is 92.9 cm³/mol. The Morgan fingerprint density at radius 2 is 1.58 bits per heavy atom. The molecule has 0 aromatic heterocycles. The molecule has 1 aliphatic rings. The molecule has 0 spiro atoms. The molecular weight excluding hydrogens is 344 g/mol. The van der Waals surface area contributed by atoms with E-state index >= 15 is 0 Å². The van der Waals surface area contributed by atoms with Crippen molar-refractivity contribution in [2.45, 2.75) is 65.2 Å². The molecule has 1 aromatic carbocycles. The third-order valence-corrected chi connectivity index (χ3v) is 3.62. The highest BCUT2D eigenvalue weighted by atomic mass is 19.2. The first-order valence-corrected chi connectivity index (χ1v) is 8.46. The second-order valence-electron chi connectivity index (χ2n) is 8.36. The first-order chi connectivity index (χ1) is 11.8. The number of carbonyl (C=O) groups is 2. The molecule has 0 saturated heterocycles. The summed E-state index contributed by atoms with van der Waals surface area (Å²) >= 11 is 0. The zero-order valence-electron chi connectivity index (χ0n) is 16.0. The van der Waals surface area contributed by atoms with Gasteiger partial charge < -0.3 is 14.4 Å². The molecule has 0 radical (unpaired) electrons. The SMILES string of the molecule is CC(C)(C)OC(=O)CN1c2cc(F)c(F)cc2CC1C(=O)OC(C)(C)C. The van der Waals surface area contributed by atoms with Gasteiger partial charge in [-0.05, 0) is 53.2 Å². The summed E-state index contributed by atoms with van der Waals surface area (Å²) in [7, 11) is 0. The number of rotatable bonds is 3. The van der Waals surface area contributed by atoms with Crippen molar-refractivity contribution >= 4 is 17.6 Å². The third kappa shape index (κ3) is 4.93. The van der Waals surface area contributed by atoms with Gasteiger partial charge in [-0.2, -0.15) is 0 Å². The van der Waals surface area contributed by atoms with Crippen molar-refractivity contribution in [1.82, 2.24) is 0 Å². The minimum absolute atomic E-state index is 0.129. The fourth-order valence-corrected chi connectivity index (χ4v) is 2.78. The smallest absolute Gasteiger partial charge is 0.329 e. The van der Waals surface area contributed by atoms with Gasteiger partial charge in [0.15, 0.2) is 11.6 Å². The molecule has 0 bridgehead atoms. The summed E-state index contributed by atoms with van der Waals surface area (Å²) in [5.74, 6) is -3.16. The molecule has 26 heavy (non-hydrogen) atoms. The Bertz CT molecular complexity index is 719. The van der Waals surface area contributed by atoms with E-state index in [0.717, 1.165) is 12.1 Å². The van der Waals surface area contributed by atoms with Gasteiger partial charge in [-0.3, -0.25) is 4.79 Å². The number of hydrogen-bond donors (Lipinski definition) is 0. The minimum atomic E-state index is -1.04. The Kier molecular flexibility index (Phi) is 5.31. The van der Waals surface area contributed by atoms with E-state index in [9.17, 15) is 18.4 Å². The molecule has 0 amide bonds. The van der Waals surface area contributed by atoms with E-state index in [1.54, 1.807) is 41.5 Å². The topological polar surface area (TPSA) is 55.8 Å². The Hall–Kier alpha value is -2.18. The number of nitrogens with zero attached hydrogens (tertiary/aromatic N) is 1. The number of ether oxygens (including phenoxy) is 2. The maximum Gasteiger partial charge on any atom is 0.329 e. The fourth-order valence-electron chi connectivity index (χ4n) is 2.78. The molecule has 7 heteroatoms. The van der Waals surface area contributed by atoms with Crippen molar-refractivity contribution in [2.24, 2.45) is 0 Å². The monoisotopic (exact) mass is 369 g/mol. The lowest BCUT2D eigenvalue weighted by Gasteiger charge is -2.29. The van der Waals surface area contributed by atoms with Gasteiger partial charge in [-0.15, -0.1) is 0 Å². The summed E-state index contributed by atoms with van der Waals surface area (Å²) < 4.78 is 38.0. The van der Waals surface area contributed by atoms with Gasteiger partial charge in [-0.25, -0.2) is 13.6 Å². The highest BCUT2D eigenvalue weighted by Gasteiger charge is 2.39. The highest BCUT2D eigenvalue weighted by molar-refractivity contribution is 5.88. The highest BCUT2D eigenvalue weighted by Crippen LogP contribution is 2.35. The molecule has 0 aliphatic carbocycles. The van der Waals surface area contributed by atoms with Crippen LogP contribution in [0, 0.1) is 11.6 Å². The van der Waals surface area contributed by atoms with Crippen molar-refractivity contribution < 1.29 is 27.8 Å². The molecule has 0 fully saturated rings. The number of hydrogen-bond acceptors (Lipinski definition) is 5. The molecule has 144 valence electrons. The van der Waals surface area contributed by atoms with Crippen LogP contribution < -0.4 is 4.90 Å². The normalized spacial score (nSPS) is 17.1. The summed E-state index contributed by atoms with van der Waals surface area (Å²) in [5.41, 5.74) is -0.677. The van der Waals surface area contributed by atoms with Gasteiger partial charge in [0.25, 0.3) is 0 Å². The van der Waals surface area contributed by atoms with Crippen molar-refractivity contribution in [3.05, 3.63) is 29.3 Å². The van der Waals surface area contributed by atoms with E-state index in [4.69, 9.17) is 9.47 Å². The maximum absolute atomic E-state index is 13.7. The van der Waals surface area contributed by atoms with Crippen molar-refractivity contribution in [1.29, 1.82) is 0 Å². The van der Waals surface area contributed by atoms with E-state index in [2.05, 4.69) is 0 Å². The number of esters is 2. The van der Waals surface area contributed by atoms with E-state index in [-0.39, 0.29) is 13.0 Å². The second-order valence-corrected chi connectivity index (χ2v) is 8.36. The number of halogens is 2. The van der Waals surface area contributed by atoms with Gasteiger partial charge in [0.1, 0.15) is 23.8 Å². The second kappa shape index (κ2) is 6.85. The predicted octanol–water partition coefficient (Wildman–Crippen LogP) is 3.38. The Morgan fingerprint density at radius 1 is 1.04 bits per heavy atom. The summed E-state index contributed by atoms with van der Waals surface area (Å²) in [6.07, 6.45) is 0.129. The van der Waals surface area contributed by atoms with Crippen LogP contribution in [0.15, 0.2) is 12.1 Å². The summed E-state index contributed by atoms with van der Waals surface area (Å²) in [6.45, 7) is 10.1. The lowest BCUT2D eigenvalue weighted by Crippen LogP contribution is -2.45. The van der Waals surface area contributed by atoms with Gasteiger partial charge in [-0.1, -0.05) is 0 Å². The molecule has 1 aromatic rings. The zero-order chi connectivity index (χ0) is 19.9. The van der Waals surface area contributed by atoms with Crippen molar-refractivity contribution in [2.75, 3.05) is 11.4 Å². The van der Waals surface area contributed by atoms with Crippen LogP contribution in [0.3, 0.4) is 0 Å². The molecule has 1 atom stereocenters. The van der Waals surface area contributed by atoms with Crippen LogP contribution in [-0.2, 0) is 25.5 Å². The van der Waals surface area contributed by atoms with Crippen LogP contribution >= 0.6 is 0 Å². The molecule has 0 N–H and O–H groups in total. The maximum atomic E-state index is 13.7. The van der Waals surface area contributed by atoms with Crippen LogP contribution in [-0.4, -0.2) is 35.7 Å². The lowest BCUT2D eigenvalue weighted by molar-refractivity contribution is -0.156. The third-order valence-electron chi connectivity index (χ3n) is 3.62. The first-order valence-electron chi connectivity index (χ1n) is 8.46. The van der Waals surface area contributed by atoms with Crippen molar-refractivity contribution in [3.63, 3.8) is 0 Å². The standard InChI is InChI=1S/C19H25F2NO4/c1-18(2,3)25-16(23)10-22-14-9-13(21)12(20)7-11(14)8-15(22)17(24)26-19(4,5)6/h7,9,15H,8,10H2,1-6H3. The van der Waals surface area contributed by atoms with Crippen LogP contribution in [0.1, 0.15) is 47.1 Å². The van der Waals surface area contributed by atoms with E-state index in [0.29, 0.717) is 11.3 Å². The molecule has 0 saturated carbocycles. The zero-order valence-corrected chi connectivity index (χ0v) is 16.0. The van der Waals surface area contributed by atoms with Gasteiger partial charge in [0.05, 0.1) is 0 Å². The molecule has 1 heterocycles. The summed E-state index contributed by atoms with van der Waals surface area (Å²) in [5, 5.41) is 0. The number of anilines is 1. The summed E-state index contributed by atoms with van der Waals surface area (Å²) in [4.78, 5) is 26.2. The van der Waals surface area contributed by atoms with Crippen LogP contribution in [0.5, 0.6) is 0 Å². The molecule has 1 unspecified atom stereocenters. The van der Waals surface area contributed by atoms with Crippen LogP contribution in [0.2, 0.25) is 0 Å². The molecule has 1 aliphatic heterocycles. The Labute approximate surface area is 152 Å². The first kappa shape index (κ1) is 20.1. The minimum Gasteiger partial charge on any atom is -0.459 e. The summed E-state index contributed by atoms with van der Waals surface area (Å²) in [6, 6.07) is 1.20. The Morgan fingerprint density at radius 3 is 2.12 bits per heavy atom.